The van der Waals surface area contributed by atoms with Gasteiger partial charge in [0.2, 0.25) is 5.91 Å². The number of hydrogen-bond acceptors (Lipinski definition) is 3. The van der Waals surface area contributed by atoms with Crippen LogP contribution in [0, 0.1) is 11.3 Å². The first kappa shape index (κ1) is 13.4. The highest BCUT2D eigenvalue weighted by Gasteiger charge is 2.00. The molecule has 0 spiro atoms. The Morgan fingerprint density at radius 1 is 1.10 bits per heavy atom. The van der Waals surface area contributed by atoms with E-state index in [0.29, 0.717) is 22.7 Å². The van der Waals surface area contributed by atoms with Crippen molar-refractivity contribution in [3.63, 3.8) is 0 Å². The number of nitriles is 1. The van der Waals surface area contributed by atoms with Crippen molar-refractivity contribution in [3.8, 4) is 17.6 Å². The van der Waals surface area contributed by atoms with Crippen LogP contribution in [0.4, 0.5) is 5.69 Å². The summed E-state index contributed by atoms with van der Waals surface area (Å²) in [7, 11) is 0. The van der Waals surface area contributed by atoms with Crippen LogP contribution < -0.4 is 10.1 Å². The minimum Gasteiger partial charge on any atom is -0.457 e. The zero-order valence-corrected chi connectivity index (χ0v) is 10.7. The lowest BCUT2D eigenvalue weighted by Crippen LogP contribution is -2.06. The van der Waals surface area contributed by atoms with E-state index < -0.39 is 0 Å². The molecule has 0 fully saturated rings. The summed E-state index contributed by atoms with van der Waals surface area (Å²) in [5.41, 5.74) is 1.25. The molecule has 0 radical (unpaired) electrons. The number of hydrogen-bond donors (Lipinski definition) is 1. The van der Waals surface area contributed by atoms with Gasteiger partial charge in [0.15, 0.2) is 0 Å². The number of nitrogens with one attached hydrogen (secondary N) is 1. The average molecular weight is 264 g/mol. The van der Waals surface area contributed by atoms with Crippen LogP contribution in [0.3, 0.4) is 0 Å². The van der Waals surface area contributed by atoms with Gasteiger partial charge in [0.1, 0.15) is 11.5 Å². The van der Waals surface area contributed by atoms with Crippen LogP contribution in [0.2, 0.25) is 0 Å². The highest BCUT2D eigenvalue weighted by atomic mass is 16.5. The first-order chi connectivity index (χ1) is 9.71. The molecule has 0 aliphatic carbocycles. The van der Waals surface area contributed by atoms with Crippen LogP contribution in [-0.4, -0.2) is 5.91 Å². The molecular weight excluding hydrogens is 252 g/mol. The molecule has 0 unspecified atom stereocenters. The first-order valence-electron chi connectivity index (χ1n) is 5.93. The van der Waals surface area contributed by atoms with Crippen molar-refractivity contribution in [3.05, 3.63) is 66.7 Å². The van der Waals surface area contributed by atoms with E-state index in [1.807, 2.05) is 6.07 Å². The second-order valence-corrected chi connectivity index (χ2v) is 3.96. The van der Waals surface area contributed by atoms with Crippen molar-refractivity contribution in [1.82, 2.24) is 0 Å². The van der Waals surface area contributed by atoms with E-state index in [4.69, 9.17) is 10.00 Å². The molecule has 1 amide bonds. The van der Waals surface area contributed by atoms with Crippen molar-refractivity contribution in [1.29, 1.82) is 5.26 Å². The molecule has 2 aromatic carbocycles. The quantitative estimate of drug-likeness (QED) is 0.860. The molecule has 4 nitrogen and oxygen atoms in total. The third-order valence-corrected chi connectivity index (χ3v) is 2.53. The van der Waals surface area contributed by atoms with E-state index in [-0.39, 0.29) is 5.91 Å². The van der Waals surface area contributed by atoms with Crippen molar-refractivity contribution in [2.45, 2.75) is 0 Å². The zero-order chi connectivity index (χ0) is 14.4. The highest BCUT2D eigenvalue weighted by Crippen LogP contribution is 2.23. The molecule has 0 aliphatic heterocycles. The summed E-state index contributed by atoms with van der Waals surface area (Å²) in [5.74, 6) is 1.03. The highest BCUT2D eigenvalue weighted by molar-refractivity contribution is 5.98. The summed E-state index contributed by atoms with van der Waals surface area (Å²) >= 11 is 0. The number of ether oxygens (including phenoxy) is 1. The molecule has 0 heterocycles. The smallest absolute Gasteiger partial charge is 0.247 e. The second kappa shape index (κ2) is 6.21. The molecule has 2 aromatic rings. The van der Waals surface area contributed by atoms with E-state index in [9.17, 15) is 4.79 Å². The summed E-state index contributed by atoms with van der Waals surface area (Å²) in [6, 6.07) is 15.8. The number of amides is 1. The normalized spacial score (nSPS) is 9.35. The number of carbonyl (C=O) groups is 1. The third-order valence-electron chi connectivity index (χ3n) is 2.53. The Kier molecular flexibility index (Phi) is 4.15. The molecule has 0 bridgehead atoms. The SMILES string of the molecule is C=CC(=O)Nc1ccc(Oc2ccc(C#N)cc2)cc1. The minimum atomic E-state index is -0.259. The Morgan fingerprint density at radius 2 is 1.65 bits per heavy atom. The van der Waals surface area contributed by atoms with Crippen molar-refractivity contribution >= 4 is 11.6 Å². The lowest BCUT2D eigenvalue weighted by Gasteiger charge is -2.07. The maximum absolute atomic E-state index is 11.1. The first-order valence-corrected chi connectivity index (χ1v) is 5.93. The second-order valence-electron chi connectivity index (χ2n) is 3.96. The monoisotopic (exact) mass is 264 g/mol. The predicted molar refractivity (Wildman–Crippen MR) is 76.5 cm³/mol. The molecule has 98 valence electrons. The largest absolute Gasteiger partial charge is 0.457 e. The van der Waals surface area contributed by atoms with E-state index in [2.05, 4.69) is 11.9 Å². The number of nitrogens with zero attached hydrogens (tertiary/aromatic N) is 1. The summed E-state index contributed by atoms with van der Waals surface area (Å²) < 4.78 is 5.62. The van der Waals surface area contributed by atoms with Gasteiger partial charge < -0.3 is 10.1 Å². The van der Waals surface area contributed by atoms with E-state index in [1.54, 1.807) is 48.5 Å². The van der Waals surface area contributed by atoms with E-state index in [0.717, 1.165) is 0 Å². The van der Waals surface area contributed by atoms with Gasteiger partial charge in [0.25, 0.3) is 0 Å². The molecule has 1 N–H and O–H groups in total. The Morgan fingerprint density at radius 3 is 2.15 bits per heavy atom. The molecule has 20 heavy (non-hydrogen) atoms. The van der Waals surface area contributed by atoms with Gasteiger partial charge >= 0.3 is 0 Å². The standard InChI is InChI=1S/C16H12N2O2/c1-2-16(19)18-13-5-9-15(10-6-13)20-14-7-3-12(11-17)4-8-14/h2-10H,1H2,(H,18,19). The lowest BCUT2D eigenvalue weighted by molar-refractivity contribution is -0.111. The predicted octanol–water partition coefficient (Wildman–Crippen LogP) is 3.48. The lowest BCUT2D eigenvalue weighted by atomic mass is 10.2. The zero-order valence-electron chi connectivity index (χ0n) is 10.7. The molecular formula is C16H12N2O2. The third kappa shape index (κ3) is 3.47. The maximum atomic E-state index is 11.1. The molecule has 0 saturated carbocycles. The molecule has 0 aliphatic rings. The van der Waals surface area contributed by atoms with Crippen LogP contribution in [0.5, 0.6) is 11.5 Å². The van der Waals surface area contributed by atoms with E-state index in [1.165, 1.54) is 6.08 Å². The Bertz CT molecular complexity index is 652. The average Bonchev–Trinajstić information content (AvgIpc) is 2.50. The molecule has 2 rings (SSSR count). The van der Waals surface area contributed by atoms with Crippen LogP contribution in [0.1, 0.15) is 5.56 Å². The van der Waals surface area contributed by atoms with Gasteiger partial charge in [-0.25, -0.2) is 0 Å². The van der Waals surface area contributed by atoms with Gasteiger partial charge in [-0.15, -0.1) is 0 Å². The van der Waals surface area contributed by atoms with E-state index >= 15 is 0 Å². The summed E-state index contributed by atoms with van der Waals surface area (Å²) in [6.07, 6.45) is 1.21. The number of rotatable bonds is 4. The molecule has 4 heteroatoms. The van der Waals surface area contributed by atoms with Crippen LogP contribution in [0.25, 0.3) is 0 Å². The van der Waals surface area contributed by atoms with Gasteiger partial charge in [-0.3, -0.25) is 4.79 Å². The van der Waals surface area contributed by atoms with Gasteiger partial charge in [0.05, 0.1) is 11.6 Å². The van der Waals surface area contributed by atoms with Gasteiger partial charge in [0, 0.05) is 5.69 Å². The van der Waals surface area contributed by atoms with Gasteiger partial charge in [-0.1, -0.05) is 6.58 Å². The Balaban J connectivity index is 2.04. The number of carbonyl (C=O) groups excluding carboxylic acids is 1. The summed E-state index contributed by atoms with van der Waals surface area (Å²) in [4.78, 5) is 11.1. The molecule has 0 saturated heterocycles. The number of anilines is 1. The topological polar surface area (TPSA) is 62.1 Å². The fourth-order valence-electron chi connectivity index (χ4n) is 1.53. The molecule has 0 aromatic heterocycles. The minimum absolute atomic E-state index is 0.259. The maximum Gasteiger partial charge on any atom is 0.247 e. The van der Waals surface area contributed by atoms with Gasteiger partial charge in [-0.05, 0) is 54.6 Å². The number of benzene rings is 2. The summed E-state index contributed by atoms with van der Waals surface area (Å²) in [5, 5.41) is 11.4. The van der Waals surface area contributed by atoms with Crippen LogP contribution in [0.15, 0.2) is 61.2 Å². The van der Waals surface area contributed by atoms with Crippen LogP contribution in [-0.2, 0) is 4.79 Å². The fraction of sp³-hybridized carbons (Fsp3) is 0. The van der Waals surface area contributed by atoms with Crippen molar-refractivity contribution in [2.24, 2.45) is 0 Å². The molecule has 0 atom stereocenters. The summed E-state index contributed by atoms with van der Waals surface area (Å²) in [6.45, 7) is 3.38. The van der Waals surface area contributed by atoms with Crippen molar-refractivity contribution < 1.29 is 9.53 Å². The Hall–Kier alpha value is -3.06. The van der Waals surface area contributed by atoms with Crippen LogP contribution >= 0.6 is 0 Å². The van der Waals surface area contributed by atoms with Crippen molar-refractivity contribution in [2.75, 3.05) is 5.32 Å². The van der Waals surface area contributed by atoms with Gasteiger partial charge in [-0.2, -0.15) is 5.26 Å². The Labute approximate surface area is 116 Å². The fourth-order valence-corrected chi connectivity index (χ4v) is 1.53.